The molecule has 0 saturated heterocycles. The van der Waals surface area contributed by atoms with Crippen LogP contribution < -0.4 is 10.6 Å². The maximum Gasteiger partial charge on any atom is 0.326 e. The summed E-state index contributed by atoms with van der Waals surface area (Å²) in [6.45, 7) is 1.86. The summed E-state index contributed by atoms with van der Waals surface area (Å²) < 4.78 is 0. The first-order chi connectivity index (χ1) is 8.40. The first kappa shape index (κ1) is 14.3. The van der Waals surface area contributed by atoms with Gasteiger partial charge in [0.2, 0.25) is 0 Å². The minimum absolute atomic E-state index is 0.0296. The number of hydrogen-bond donors (Lipinski definition) is 4. The van der Waals surface area contributed by atoms with E-state index in [1.807, 2.05) is 6.92 Å². The predicted molar refractivity (Wildman–Crippen MR) is 62.1 cm³/mol. The molecule has 7 nitrogen and oxygen atoms in total. The molecule has 7 heteroatoms. The fraction of sp³-hybridized carbons (Fsp3) is 0.727. The Hall–Kier alpha value is -1.79. The standard InChI is InChI=1S/C11H18N2O5/c1-6(7-3-2-4-7)12-11(18)13-8(10(16)17)5-9(14)15/h6-8H,2-5H2,1H3,(H,14,15)(H,16,17)(H2,12,13,18). The van der Waals surface area contributed by atoms with Crippen molar-refractivity contribution in [3.8, 4) is 0 Å². The molecule has 2 atom stereocenters. The molecule has 1 rings (SSSR count). The second kappa shape index (κ2) is 6.23. The number of urea groups is 1. The average Bonchev–Trinajstić information content (AvgIpc) is 2.11. The molecule has 18 heavy (non-hydrogen) atoms. The highest BCUT2D eigenvalue weighted by atomic mass is 16.4. The van der Waals surface area contributed by atoms with Crippen molar-refractivity contribution < 1.29 is 24.6 Å². The van der Waals surface area contributed by atoms with Gasteiger partial charge < -0.3 is 20.8 Å². The highest BCUT2D eigenvalue weighted by Gasteiger charge is 2.27. The zero-order valence-corrected chi connectivity index (χ0v) is 10.2. The Morgan fingerprint density at radius 2 is 1.83 bits per heavy atom. The molecule has 2 amide bonds. The maximum atomic E-state index is 11.5. The third-order valence-electron chi connectivity index (χ3n) is 3.20. The van der Waals surface area contributed by atoms with Crippen molar-refractivity contribution in [2.45, 2.75) is 44.7 Å². The molecular formula is C11H18N2O5. The van der Waals surface area contributed by atoms with Crippen molar-refractivity contribution in [3.63, 3.8) is 0 Å². The summed E-state index contributed by atoms with van der Waals surface area (Å²) in [6, 6.07) is -2.07. The predicted octanol–water partition coefficient (Wildman–Crippen LogP) is 0.402. The highest BCUT2D eigenvalue weighted by Crippen LogP contribution is 2.29. The van der Waals surface area contributed by atoms with Gasteiger partial charge in [0.1, 0.15) is 6.04 Å². The molecule has 4 N–H and O–H groups in total. The molecular weight excluding hydrogens is 240 g/mol. The van der Waals surface area contributed by atoms with Gasteiger partial charge in [-0.2, -0.15) is 0 Å². The number of carbonyl (C=O) groups is 3. The van der Waals surface area contributed by atoms with E-state index < -0.39 is 30.4 Å². The molecule has 0 aliphatic heterocycles. The molecule has 2 unspecified atom stereocenters. The van der Waals surface area contributed by atoms with E-state index in [-0.39, 0.29) is 6.04 Å². The second-order valence-corrected chi connectivity index (χ2v) is 4.59. The van der Waals surface area contributed by atoms with Crippen LogP contribution in [0.15, 0.2) is 0 Å². The summed E-state index contributed by atoms with van der Waals surface area (Å²) in [5.41, 5.74) is 0. The lowest BCUT2D eigenvalue weighted by Gasteiger charge is -2.32. The Kier molecular flexibility index (Phi) is 4.94. The average molecular weight is 258 g/mol. The third-order valence-corrected chi connectivity index (χ3v) is 3.20. The summed E-state index contributed by atoms with van der Waals surface area (Å²) >= 11 is 0. The molecule has 0 heterocycles. The smallest absolute Gasteiger partial charge is 0.326 e. The van der Waals surface area contributed by atoms with Gasteiger partial charge in [-0.05, 0) is 25.7 Å². The minimum Gasteiger partial charge on any atom is -0.481 e. The largest absolute Gasteiger partial charge is 0.481 e. The maximum absolute atomic E-state index is 11.5. The number of carboxylic acids is 2. The van der Waals surface area contributed by atoms with Crippen LogP contribution >= 0.6 is 0 Å². The van der Waals surface area contributed by atoms with Gasteiger partial charge in [-0.15, -0.1) is 0 Å². The number of aliphatic carboxylic acids is 2. The summed E-state index contributed by atoms with van der Waals surface area (Å²) in [5.74, 6) is -2.20. The zero-order valence-electron chi connectivity index (χ0n) is 10.2. The normalized spacial score (nSPS) is 18.3. The van der Waals surface area contributed by atoms with Crippen LogP contribution in [0.3, 0.4) is 0 Å². The van der Waals surface area contributed by atoms with E-state index in [9.17, 15) is 14.4 Å². The van der Waals surface area contributed by atoms with E-state index in [1.54, 1.807) is 0 Å². The van der Waals surface area contributed by atoms with Gasteiger partial charge in [0.15, 0.2) is 0 Å². The van der Waals surface area contributed by atoms with Gasteiger partial charge in [0, 0.05) is 6.04 Å². The number of nitrogens with one attached hydrogen (secondary N) is 2. The zero-order chi connectivity index (χ0) is 13.7. The van der Waals surface area contributed by atoms with Gasteiger partial charge in [0.05, 0.1) is 6.42 Å². The van der Waals surface area contributed by atoms with Crippen LogP contribution in [0.25, 0.3) is 0 Å². The molecule has 0 spiro atoms. The number of hydrogen-bond acceptors (Lipinski definition) is 3. The lowest BCUT2D eigenvalue weighted by Crippen LogP contribution is -2.51. The lowest BCUT2D eigenvalue weighted by molar-refractivity contribution is -0.145. The first-order valence-electron chi connectivity index (χ1n) is 5.91. The Balaban J connectivity index is 2.40. The number of carboxylic acid groups (broad SMARTS) is 2. The lowest BCUT2D eigenvalue weighted by atomic mass is 9.80. The van der Waals surface area contributed by atoms with Gasteiger partial charge in [-0.3, -0.25) is 4.79 Å². The van der Waals surface area contributed by atoms with Gasteiger partial charge in [0.25, 0.3) is 0 Å². The quantitative estimate of drug-likeness (QED) is 0.550. The van der Waals surface area contributed by atoms with E-state index in [4.69, 9.17) is 10.2 Å². The molecule has 1 saturated carbocycles. The van der Waals surface area contributed by atoms with Crippen LogP contribution in [0.5, 0.6) is 0 Å². The summed E-state index contributed by atoms with van der Waals surface area (Å²) in [5, 5.41) is 22.1. The Morgan fingerprint density at radius 3 is 2.22 bits per heavy atom. The van der Waals surface area contributed by atoms with Gasteiger partial charge in [-0.25, -0.2) is 9.59 Å². The van der Waals surface area contributed by atoms with Crippen LogP contribution in [0.1, 0.15) is 32.6 Å². The fourth-order valence-electron chi connectivity index (χ4n) is 1.84. The molecule has 102 valence electrons. The van der Waals surface area contributed by atoms with Crippen molar-refractivity contribution >= 4 is 18.0 Å². The van der Waals surface area contributed by atoms with E-state index in [2.05, 4.69) is 10.6 Å². The van der Waals surface area contributed by atoms with Crippen molar-refractivity contribution in [3.05, 3.63) is 0 Å². The Bertz CT molecular complexity index is 340. The SMILES string of the molecule is CC(NC(=O)NC(CC(=O)O)C(=O)O)C1CCC1. The van der Waals surface area contributed by atoms with Crippen LogP contribution in [-0.4, -0.2) is 40.3 Å². The highest BCUT2D eigenvalue weighted by molar-refractivity contribution is 5.86. The van der Waals surface area contributed by atoms with Crippen molar-refractivity contribution in [2.24, 2.45) is 5.92 Å². The molecule has 0 aromatic carbocycles. The molecule has 0 bridgehead atoms. The fourth-order valence-corrected chi connectivity index (χ4v) is 1.84. The topological polar surface area (TPSA) is 116 Å². The minimum atomic E-state index is -1.41. The molecule has 1 aliphatic carbocycles. The van der Waals surface area contributed by atoms with E-state index >= 15 is 0 Å². The van der Waals surface area contributed by atoms with Crippen molar-refractivity contribution in [1.29, 1.82) is 0 Å². The van der Waals surface area contributed by atoms with Crippen LogP contribution in [-0.2, 0) is 9.59 Å². The molecule has 0 aromatic heterocycles. The number of rotatable bonds is 6. The van der Waals surface area contributed by atoms with E-state index in [0.29, 0.717) is 5.92 Å². The molecule has 0 aromatic rings. The van der Waals surface area contributed by atoms with Gasteiger partial charge in [-0.1, -0.05) is 6.42 Å². The van der Waals surface area contributed by atoms with Crippen LogP contribution in [0.2, 0.25) is 0 Å². The third kappa shape index (κ3) is 4.23. The van der Waals surface area contributed by atoms with E-state index in [1.165, 1.54) is 0 Å². The second-order valence-electron chi connectivity index (χ2n) is 4.59. The summed E-state index contributed by atoms with van der Waals surface area (Å²) in [7, 11) is 0. The van der Waals surface area contributed by atoms with E-state index in [0.717, 1.165) is 19.3 Å². The van der Waals surface area contributed by atoms with Crippen LogP contribution in [0.4, 0.5) is 4.79 Å². The summed E-state index contributed by atoms with van der Waals surface area (Å²) in [6.07, 6.45) is 2.62. The number of amides is 2. The summed E-state index contributed by atoms with van der Waals surface area (Å²) in [4.78, 5) is 32.7. The Labute approximate surface area is 105 Å². The van der Waals surface area contributed by atoms with Crippen molar-refractivity contribution in [1.82, 2.24) is 10.6 Å². The molecule has 1 fully saturated rings. The Morgan fingerprint density at radius 1 is 1.22 bits per heavy atom. The monoisotopic (exact) mass is 258 g/mol. The number of carbonyl (C=O) groups excluding carboxylic acids is 1. The van der Waals surface area contributed by atoms with Gasteiger partial charge >= 0.3 is 18.0 Å². The molecule has 1 aliphatic rings. The van der Waals surface area contributed by atoms with Crippen LogP contribution in [0, 0.1) is 5.92 Å². The molecule has 0 radical (unpaired) electrons. The van der Waals surface area contributed by atoms with Crippen molar-refractivity contribution in [2.75, 3.05) is 0 Å². The first-order valence-corrected chi connectivity index (χ1v) is 5.91.